The van der Waals surface area contributed by atoms with E-state index in [-0.39, 0.29) is 17.7 Å². The number of hydrogen-bond donors (Lipinski definition) is 2. The second kappa shape index (κ2) is 6.54. The molecule has 0 saturated carbocycles. The van der Waals surface area contributed by atoms with Crippen molar-refractivity contribution in [2.45, 2.75) is 46.0 Å². The molecule has 1 atom stereocenters. The molecule has 3 nitrogen and oxygen atoms in total. The number of alkyl halides is 3. The van der Waals surface area contributed by atoms with E-state index in [1.165, 1.54) is 12.3 Å². The number of pyridine rings is 1. The lowest BCUT2D eigenvalue weighted by Gasteiger charge is -2.26. The number of aromatic nitrogens is 1. The van der Waals surface area contributed by atoms with Crippen molar-refractivity contribution in [3.63, 3.8) is 0 Å². The Labute approximate surface area is 117 Å². The van der Waals surface area contributed by atoms with E-state index in [1.54, 1.807) is 6.92 Å². The molecule has 1 aromatic rings. The molecule has 1 unspecified atom stereocenters. The molecule has 114 valence electrons. The standard InChI is InChI=1S/C14H21F3N2O/c1-10(20)7-13(2,3)9-18-8-12-11(14(15,16)17)5-4-6-19-12/h4-6,10,18,20H,7-9H2,1-3H3. The molecule has 0 bridgehead atoms. The predicted octanol–water partition coefficient (Wildman–Crippen LogP) is 2.99. The Morgan fingerprint density at radius 2 is 2.00 bits per heavy atom. The van der Waals surface area contributed by atoms with E-state index >= 15 is 0 Å². The van der Waals surface area contributed by atoms with Crippen LogP contribution in [0.3, 0.4) is 0 Å². The first-order valence-electron chi connectivity index (χ1n) is 6.52. The summed E-state index contributed by atoms with van der Waals surface area (Å²) in [5.74, 6) is 0. The average molecular weight is 290 g/mol. The Morgan fingerprint density at radius 3 is 2.55 bits per heavy atom. The first-order chi connectivity index (χ1) is 9.12. The summed E-state index contributed by atoms with van der Waals surface area (Å²) in [7, 11) is 0. The molecule has 0 spiro atoms. The largest absolute Gasteiger partial charge is 0.418 e. The molecule has 1 aromatic heterocycles. The fourth-order valence-corrected chi connectivity index (χ4v) is 2.23. The number of nitrogens with one attached hydrogen (secondary N) is 1. The normalized spacial score (nSPS) is 14.3. The fraction of sp³-hybridized carbons (Fsp3) is 0.643. The van der Waals surface area contributed by atoms with Crippen molar-refractivity contribution >= 4 is 0 Å². The van der Waals surface area contributed by atoms with Crippen LogP contribution in [0.15, 0.2) is 18.3 Å². The van der Waals surface area contributed by atoms with E-state index in [1.807, 2.05) is 13.8 Å². The fourth-order valence-electron chi connectivity index (χ4n) is 2.23. The minimum absolute atomic E-state index is 0.00662. The summed E-state index contributed by atoms with van der Waals surface area (Å²) >= 11 is 0. The van der Waals surface area contributed by atoms with Crippen molar-refractivity contribution in [2.24, 2.45) is 5.41 Å². The summed E-state index contributed by atoms with van der Waals surface area (Å²) < 4.78 is 38.3. The molecule has 2 N–H and O–H groups in total. The van der Waals surface area contributed by atoms with Gasteiger partial charge in [-0.15, -0.1) is 0 Å². The highest BCUT2D eigenvalue weighted by Crippen LogP contribution is 2.31. The minimum Gasteiger partial charge on any atom is -0.393 e. The van der Waals surface area contributed by atoms with E-state index in [2.05, 4.69) is 10.3 Å². The van der Waals surface area contributed by atoms with Crippen LogP contribution in [0.4, 0.5) is 13.2 Å². The van der Waals surface area contributed by atoms with Crippen LogP contribution in [-0.2, 0) is 12.7 Å². The Balaban J connectivity index is 2.63. The van der Waals surface area contributed by atoms with Gasteiger partial charge in [-0.1, -0.05) is 13.8 Å². The number of aliphatic hydroxyl groups is 1. The Kier molecular flexibility index (Phi) is 5.53. The van der Waals surface area contributed by atoms with Gasteiger partial charge < -0.3 is 10.4 Å². The van der Waals surface area contributed by atoms with E-state index in [0.717, 1.165) is 6.07 Å². The van der Waals surface area contributed by atoms with Gasteiger partial charge in [-0.05, 0) is 30.9 Å². The third-order valence-electron chi connectivity index (χ3n) is 2.94. The van der Waals surface area contributed by atoms with Gasteiger partial charge in [0.15, 0.2) is 0 Å². The maximum Gasteiger partial charge on any atom is 0.418 e. The molecule has 20 heavy (non-hydrogen) atoms. The van der Waals surface area contributed by atoms with Crippen molar-refractivity contribution in [2.75, 3.05) is 6.54 Å². The van der Waals surface area contributed by atoms with Crippen molar-refractivity contribution in [1.29, 1.82) is 0 Å². The lowest BCUT2D eigenvalue weighted by Crippen LogP contribution is -2.32. The minimum atomic E-state index is -4.39. The number of halogens is 3. The molecule has 0 aromatic carbocycles. The lowest BCUT2D eigenvalue weighted by molar-refractivity contribution is -0.138. The van der Waals surface area contributed by atoms with Gasteiger partial charge in [0.05, 0.1) is 17.4 Å². The first kappa shape index (κ1) is 16.9. The van der Waals surface area contributed by atoms with Gasteiger partial charge in [-0.3, -0.25) is 4.98 Å². The van der Waals surface area contributed by atoms with Crippen LogP contribution >= 0.6 is 0 Å². The van der Waals surface area contributed by atoms with Gasteiger partial charge >= 0.3 is 6.18 Å². The molecule has 0 radical (unpaired) electrons. The Bertz CT molecular complexity index is 431. The van der Waals surface area contributed by atoms with Crippen LogP contribution in [-0.4, -0.2) is 22.7 Å². The molecule has 0 aliphatic carbocycles. The van der Waals surface area contributed by atoms with Crippen LogP contribution in [0.5, 0.6) is 0 Å². The number of aliphatic hydroxyl groups excluding tert-OH is 1. The molecule has 6 heteroatoms. The monoisotopic (exact) mass is 290 g/mol. The summed E-state index contributed by atoms with van der Waals surface area (Å²) in [6.07, 6.45) is -2.89. The van der Waals surface area contributed by atoms with Crippen LogP contribution in [0.2, 0.25) is 0 Å². The first-order valence-corrected chi connectivity index (χ1v) is 6.52. The molecule has 0 fully saturated rings. The molecule has 0 amide bonds. The van der Waals surface area contributed by atoms with Gasteiger partial charge in [-0.2, -0.15) is 13.2 Å². The van der Waals surface area contributed by atoms with Gasteiger partial charge in [0.2, 0.25) is 0 Å². The summed E-state index contributed by atoms with van der Waals surface area (Å²) in [5, 5.41) is 12.4. The molecule has 0 saturated heterocycles. The van der Waals surface area contributed by atoms with E-state index in [4.69, 9.17) is 0 Å². The second-order valence-electron chi connectivity index (χ2n) is 5.82. The highest BCUT2D eigenvalue weighted by atomic mass is 19.4. The second-order valence-corrected chi connectivity index (χ2v) is 5.82. The summed E-state index contributed by atoms with van der Waals surface area (Å²) in [6, 6.07) is 2.31. The van der Waals surface area contributed by atoms with Crippen molar-refractivity contribution < 1.29 is 18.3 Å². The van der Waals surface area contributed by atoms with Crippen LogP contribution in [0.25, 0.3) is 0 Å². The van der Waals surface area contributed by atoms with E-state index in [9.17, 15) is 18.3 Å². The third kappa shape index (κ3) is 5.46. The molecule has 1 heterocycles. The number of nitrogens with zero attached hydrogens (tertiary/aromatic N) is 1. The molecule has 1 rings (SSSR count). The Morgan fingerprint density at radius 1 is 1.35 bits per heavy atom. The van der Waals surface area contributed by atoms with Crippen LogP contribution in [0.1, 0.15) is 38.4 Å². The predicted molar refractivity (Wildman–Crippen MR) is 71.0 cm³/mol. The molecular weight excluding hydrogens is 269 g/mol. The van der Waals surface area contributed by atoms with E-state index in [0.29, 0.717) is 13.0 Å². The zero-order chi connectivity index (χ0) is 15.4. The van der Waals surface area contributed by atoms with Gasteiger partial charge in [-0.25, -0.2) is 0 Å². The van der Waals surface area contributed by atoms with Crippen molar-refractivity contribution in [1.82, 2.24) is 10.3 Å². The highest BCUT2D eigenvalue weighted by Gasteiger charge is 2.33. The molecule has 0 aliphatic heterocycles. The lowest BCUT2D eigenvalue weighted by atomic mass is 9.87. The quantitative estimate of drug-likeness (QED) is 0.846. The smallest absolute Gasteiger partial charge is 0.393 e. The van der Waals surface area contributed by atoms with Crippen molar-refractivity contribution in [3.8, 4) is 0 Å². The Hall–Kier alpha value is -1.14. The van der Waals surface area contributed by atoms with Crippen LogP contribution in [0, 0.1) is 5.41 Å². The molecular formula is C14H21F3N2O. The number of hydrogen-bond acceptors (Lipinski definition) is 3. The van der Waals surface area contributed by atoms with Gasteiger partial charge in [0.25, 0.3) is 0 Å². The highest BCUT2D eigenvalue weighted by molar-refractivity contribution is 5.22. The van der Waals surface area contributed by atoms with Crippen LogP contribution < -0.4 is 5.32 Å². The summed E-state index contributed by atoms with van der Waals surface area (Å²) in [6.45, 7) is 6.17. The third-order valence-corrected chi connectivity index (χ3v) is 2.94. The SMILES string of the molecule is CC(O)CC(C)(C)CNCc1ncccc1C(F)(F)F. The summed E-state index contributed by atoms with van der Waals surface area (Å²) in [4.78, 5) is 3.79. The number of rotatable bonds is 6. The zero-order valence-corrected chi connectivity index (χ0v) is 12.0. The maximum atomic E-state index is 12.8. The summed E-state index contributed by atoms with van der Waals surface area (Å²) in [5.41, 5.74) is -0.907. The van der Waals surface area contributed by atoms with Gasteiger partial charge in [0.1, 0.15) is 0 Å². The van der Waals surface area contributed by atoms with Crippen molar-refractivity contribution in [3.05, 3.63) is 29.6 Å². The topological polar surface area (TPSA) is 45.1 Å². The average Bonchev–Trinajstić information content (AvgIpc) is 2.26. The maximum absolute atomic E-state index is 12.8. The van der Waals surface area contributed by atoms with E-state index < -0.39 is 17.8 Å². The zero-order valence-electron chi connectivity index (χ0n) is 12.0. The van der Waals surface area contributed by atoms with Gasteiger partial charge in [0, 0.05) is 19.3 Å². The molecule has 0 aliphatic rings.